The predicted molar refractivity (Wildman–Crippen MR) is 255 cm³/mol. The Hall–Kier alpha value is -8.01. The van der Waals surface area contributed by atoms with Crippen molar-refractivity contribution in [3.8, 4) is 39.1 Å². The maximum absolute atomic E-state index is 14.3. The molecule has 0 unspecified atom stereocenters. The molecule has 3 heteroatoms. The molecule has 12 aromatic rings. The molecule has 0 saturated carbocycles. The second kappa shape index (κ2) is 14.1. The van der Waals surface area contributed by atoms with Crippen LogP contribution < -0.4 is 4.90 Å². The molecule has 2 nitrogen and oxygen atoms in total. The molecule has 0 radical (unpaired) electrons. The number of aromatic nitrogens is 1. The van der Waals surface area contributed by atoms with Gasteiger partial charge in [0.1, 0.15) is 5.82 Å². The lowest BCUT2D eigenvalue weighted by Crippen LogP contribution is -2.09. The van der Waals surface area contributed by atoms with Gasteiger partial charge in [-0.3, -0.25) is 0 Å². The van der Waals surface area contributed by atoms with Gasteiger partial charge in [-0.05, 0) is 145 Å². The van der Waals surface area contributed by atoms with E-state index in [9.17, 15) is 4.39 Å². The highest BCUT2D eigenvalue weighted by Crippen LogP contribution is 2.45. The SMILES string of the molecule is Fc1ccc(-n2c3ccc(-c4ccc(N(c5ccc(-c6ccccc6)cc5)c5ccc(-c6ccccc6)cc5)cc4)cc3c3c4ccc5cccc6ccc(cc32)c4c65)cc1. The number of anilines is 3. The maximum atomic E-state index is 14.3. The number of halogens is 1. The van der Waals surface area contributed by atoms with E-state index in [0.29, 0.717) is 0 Å². The van der Waals surface area contributed by atoms with Crippen molar-refractivity contribution in [1.82, 2.24) is 4.57 Å². The molecule has 0 aliphatic carbocycles. The minimum atomic E-state index is -0.246. The third kappa shape index (κ3) is 5.85. The highest BCUT2D eigenvalue weighted by molar-refractivity contribution is 6.33. The van der Waals surface area contributed by atoms with Crippen LogP contribution in [-0.4, -0.2) is 4.57 Å². The van der Waals surface area contributed by atoms with Gasteiger partial charge in [0.15, 0.2) is 0 Å². The van der Waals surface area contributed by atoms with E-state index in [2.05, 4.69) is 210 Å². The lowest BCUT2D eigenvalue weighted by atomic mass is 9.91. The van der Waals surface area contributed by atoms with Gasteiger partial charge in [-0.15, -0.1) is 0 Å². The summed E-state index contributed by atoms with van der Waals surface area (Å²) in [5.74, 6) is -0.246. The molecule has 286 valence electrons. The van der Waals surface area contributed by atoms with Crippen molar-refractivity contribution in [2.75, 3.05) is 4.90 Å². The van der Waals surface area contributed by atoms with E-state index in [1.54, 1.807) is 12.1 Å². The summed E-state index contributed by atoms with van der Waals surface area (Å²) >= 11 is 0. The molecular formula is C58H37FN2. The Kier molecular flexibility index (Phi) is 8.07. The first kappa shape index (κ1) is 35.0. The Morgan fingerprint density at radius 1 is 0.311 bits per heavy atom. The van der Waals surface area contributed by atoms with Crippen LogP contribution in [0.1, 0.15) is 0 Å². The summed E-state index contributed by atoms with van der Waals surface area (Å²) in [5, 5.41) is 9.85. The summed E-state index contributed by atoms with van der Waals surface area (Å²) in [7, 11) is 0. The fourth-order valence-electron chi connectivity index (χ4n) is 9.48. The molecule has 0 saturated heterocycles. The standard InChI is InChI=1S/C58H37FN2/c59-47-24-32-51(33-25-47)61-54-35-23-45(36-53(54)58-52-34-22-44-13-7-12-43-14-15-46(37-55(58)61)57(52)56(43)44)42-20-30-50(31-21-42)60(48-26-16-40(17-27-48)38-8-3-1-4-9-38)49-28-18-41(19-29-49)39-10-5-2-6-11-39/h1-37H. The molecule has 0 N–H and O–H groups in total. The van der Waals surface area contributed by atoms with Gasteiger partial charge in [0.2, 0.25) is 0 Å². The molecule has 0 fully saturated rings. The van der Waals surface area contributed by atoms with Gasteiger partial charge in [0, 0.05) is 33.5 Å². The van der Waals surface area contributed by atoms with Crippen molar-refractivity contribution in [2.24, 2.45) is 0 Å². The molecule has 1 aromatic heterocycles. The Labute approximate surface area is 353 Å². The fraction of sp³-hybridized carbons (Fsp3) is 0. The molecule has 0 aliphatic heterocycles. The van der Waals surface area contributed by atoms with Crippen LogP contribution in [0.15, 0.2) is 224 Å². The summed E-state index contributed by atoms with van der Waals surface area (Å²) in [6.45, 7) is 0. The minimum Gasteiger partial charge on any atom is -0.311 e. The zero-order valence-electron chi connectivity index (χ0n) is 33.1. The van der Waals surface area contributed by atoms with E-state index >= 15 is 0 Å². The third-order valence-corrected chi connectivity index (χ3v) is 12.4. The summed E-state index contributed by atoms with van der Waals surface area (Å²) in [4.78, 5) is 2.33. The Bertz CT molecular complexity index is 3440. The predicted octanol–water partition coefficient (Wildman–Crippen LogP) is 16.3. The third-order valence-electron chi connectivity index (χ3n) is 12.4. The Balaban J connectivity index is 0.995. The van der Waals surface area contributed by atoms with Crippen LogP contribution in [0.3, 0.4) is 0 Å². The minimum absolute atomic E-state index is 0.246. The summed E-state index contributed by atoms with van der Waals surface area (Å²) in [6.07, 6.45) is 0. The maximum Gasteiger partial charge on any atom is 0.123 e. The van der Waals surface area contributed by atoms with Crippen molar-refractivity contribution in [2.45, 2.75) is 0 Å². The first-order valence-electron chi connectivity index (χ1n) is 20.8. The van der Waals surface area contributed by atoms with E-state index in [1.165, 1.54) is 60.0 Å². The number of rotatable bonds is 7. The van der Waals surface area contributed by atoms with Gasteiger partial charge in [-0.2, -0.15) is 0 Å². The molecule has 11 aromatic carbocycles. The smallest absolute Gasteiger partial charge is 0.123 e. The lowest BCUT2D eigenvalue weighted by molar-refractivity contribution is 0.627. The van der Waals surface area contributed by atoms with E-state index in [4.69, 9.17) is 0 Å². The fourth-order valence-corrected chi connectivity index (χ4v) is 9.48. The van der Waals surface area contributed by atoms with Gasteiger partial charge in [0.25, 0.3) is 0 Å². The van der Waals surface area contributed by atoms with Crippen LogP contribution >= 0.6 is 0 Å². The van der Waals surface area contributed by atoms with Crippen molar-refractivity contribution in [3.05, 3.63) is 230 Å². The first-order chi connectivity index (χ1) is 30.1. The summed E-state index contributed by atoms with van der Waals surface area (Å²) < 4.78 is 16.6. The van der Waals surface area contributed by atoms with Gasteiger partial charge >= 0.3 is 0 Å². The van der Waals surface area contributed by atoms with E-state index in [1.807, 2.05) is 12.1 Å². The molecular weight excluding hydrogens is 744 g/mol. The molecule has 0 spiro atoms. The first-order valence-corrected chi connectivity index (χ1v) is 20.8. The van der Waals surface area contributed by atoms with Gasteiger partial charge in [0.05, 0.1) is 11.0 Å². The number of hydrogen-bond donors (Lipinski definition) is 0. The normalized spacial score (nSPS) is 11.7. The quantitative estimate of drug-likeness (QED) is 0.146. The highest BCUT2D eigenvalue weighted by atomic mass is 19.1. The summed E-state index contributed by atoms with van der Waals surface area (Å²) in [6, 6.07) is 79.1. The highest BCUT2D eigenvalue weighted by Gasteiger charge is 2.20. The molecule has 0 bridgehead atoms. The number of hydrogen-bond acceptors (Lipinski definition) is 1. The number of nitrogens with zero attached hydrogens (tertiary/aromatic N) is 2. The second-order valence-corrected chi connectivity index (χ2v) is 15.9. The lowest BCUT2D eigenvalue weighted by Gasteiger charge is -2.26. The van der Waals surface area contributed by atoms with Crippen LogP contribution in [0, 0.1) is 5.82 Å². The average molecular weight is 781 g/mol. The van der Waals surface area contributed by atoms with Gasteiger partial charge in [-0.1, -0.05) is 146 Å². The Morgan fingerprint density at radius 2 is 0.803 bits per heavy atom. The molecule has 12 rings (SSSR count). The molecule has 0 aliphatic rings. The second-order valence-electron chi connectivity index (χ2n) is 15.9. The van der Waals surface area contributed by atoms with Crippen LogP contribution in [0.25, 0.3) is 93.2 Å². The zero-order valence-corrected chi connectivity index (χ0v) is 33.1. The van der Waals surface area contributed by atoms with Crippen LogP contribution in [0.2, 0.25) is 0 Å². The van der Waals surface area contributed by atoms with Gasteiger partial charge in [-0.25, -0.2) is 4.39 Å². The van der Waals surface area contributed by atoms with Crippen molar-refractivity contribution >= 4 is 71.2 Å². The number of benzene rings is 11. The average Bonchev–Trinajstić information content (AvgIpc) is 3.65. The molecule has 61 heavy (non-hydrogen) atoms. The Morgan fingerprint density at radius 3 is 1.38 bits per heavy atom. The van der Waals surface area contributed by atoms with Crippen molar-refractivity contribution in [3.63, 3.8) is 0 Å². The summed E-state index contributed by atoms with van der Waals surface area (Å²) in [5.41, 5.74) is 13.4. The van der Waals surface area contributed by atoms with Crippen LogP contribution in [-0.2, 0) is 0 Å². The largest absolute Gasteiger partial charge is 0.311 e. The molecule has 1 heterocycles. The zero-order chi connectivity index (χ0) is 40.4. The van der Waals surface area contributed by atoms with Crippen molar-refractivity contribution < 1.29 is 4.39 Å². The molecule has 0 atom stereocenters. The monoisotopic (exact) mass is 780 g/mol. The van der Waals surface area contributed by atoms with Crippen LogP contribution in [0.5, 0.6) is 0 Å². The van der Waals surface area contributed by atoms with E-state index in [-0.39, 0.29) is 5.82 Å². The van der Waals surface area contributed by atoms with Gasteiger partial charge < -0.3 is 9.47 Å². The topological polar surface area (TPSA) is 8.17 Å². The number of fused-ring (bicyclic) bond motifs is 4. The van der Waals surface area contributed by atoms with E-state index < -0.39 is 0 Å². The van der Waals surface area contributed by atoms with Crippen LogP contribution in [0.4, 0.5) is 21.5 Å². The van der Waals surface area contributed by atoms with E-state index in [0.717, 1.165) is 50.3 Å². The van der Waals surface area contributed by atoms with Crippen molar-refractivity contribution in [1.29, 1.82) is 0 Å². The molecule has 0 amide bonds.